The molecule has 0 saturated carbocycles. The molecule has 0 atom stereocenters. The number of benzene rings is 2. The molecule has 1 aliphatic rings. The Labute approximate surface area is 193 Å². The van der Waals surface area contributed by atoms with Gasteiger partial charge in [0.25, 0.3) is 0 Å². The third-order valence-electron chi connectivity index (χ3n) is 5.60. The second-order valence-electron chi connectivity index (χ2n) is 7.70. The minimum absolute atomic E-state index is 0. The summed E-state index contributed by atoms with van der Waals surface area (Å²) < 4.78 is 40.6. The molecular weight excluding hydrogens is 456 g/mol. The number of fused-ring (bicyclic) bond motifs is 1. The van der Waals surface area contributed by atoms with Gasteiger partial charge in [-0.15, -0.1) is 12.4 Å². The van der Waals surface area contributed by atoms with E-state index in [1.165, 1.54) is 13.2 Å². The van der Waals surface area contributed by atoms with Crippen LogP contribution in [-0.4, -0.2) is 51.8 Å². The molecule has 32 heavy (non-hydrogen) atoms. The maximum absolute atomic E-state index is 12.0. The number of rotatable bonds is 6. The molecule has 2 aromatic carbocycles. The SMILES string of the molecule is COc1c(-c2noc3cc(CN4CCC(N)CC4)cc(OC)c23)cccc1S(N)(=O)=O.Cl. The Bertz CT molecular complexity index is 1210. The molecule has 0 aliphatic carbocycles. The van der Waals surface area contributed by atoms with Crippen molar-refractivity contribution < 1.29 is 22.4 Å². The number of piperidine rings is 1. The zero-order valence-corrected chi connectivity index (χ0v) is 19.5. The Kier molecular flexibility index (Phi) is 7.31. The Morgan fingerprint density at radius 3 is 2.53 bits per heavy atom. The summed E-state index contributed by atoms with van der Waals surface area (Å²) in [4.78, 5) is 2.22. The molecule has 0 bridgehead atoms. The van der Waals surface area contributed by atoms with Gasteiger partial charge in [0.05, 0.1) is 19.6 Å². The summed E-state index contributed by atoms with van der Waals surface area (Å²) in [6, 6.07) is 8.83. The summed E-state index contributed by atoms with van der Waals surface area (Å²) >= 11 is 0. The van der Waals surface area contributed by atoms with Crippen molar-refractivity contribution in [2.45, 2.75) is 30.3 Å². The number of para-hydroxylation sites is 1. The quantitative estimate of drug-likeness (QED) is 0.547. The summed E-state index contributed by atoms with van der Waals surface area (Å²) in [5.41, 5.74) is 8.45. The fourth-order valence-electron chi connectivity index (χ4n) is 4.03. The third-order valence-corrected chi connectivity index (χ3v) is 6.54. The number of hydrogen-bond acceptors (Lipinski definition) is 8. The zero-order chi connectivity index (χ0) is 22.2. The highest BCUT2D eigenvalue weighted by atomic mass is 35.5. The van der Waals surface area contributed by atoms with Gasteiger partial charge in [-0.3, -0.25) is 4.90 Å². The van der Waals surface area contributed by atoms with Gasteiger partial charge in [0.1, 0.15) is 22.1 Å². The van der Waals surface area contributed by atoms with Gasteiger partial charge in [-0.05, 0) is 55.8 Å². The second kappa shape index (κ2) is 9.63. The van der Waals surface area contributed by atoms with E-state index in [0.717, 1.165) is 38.0 Å². The van der Waals surface area contributed by atoms with E-state index in [0.29, 0.717) is 28.0 Å². The van der Waals surface area contributed by atoms with Crippen LogP contribution >= 0.6 is 12.4 Å². The van der Waals surface area contributed by atoms with E-state index >= 15 is 0 Å². The largest absolute Gasteiger partial charge is 0.496 e. The first kappa shape index (κ1) is 24.3. The van der Waals surface area contributed by atoms with Gasteiger partial charge in [-0.25, -0.2) is 13.6 Å². The van der Waals surface area contributed by atoms with Crippen LogP contribution < -0.4 is 20.3 Å². The maximum Gasteiger partial charge on any atom is 0.241 e. The number of halogens is 1. The summed E-state index contributed by atoms with van der Waals surface area (Å²) in [7, 11) is -1.02. The lowest BCUT2D eigenvalue weighted by molar-refractivity contribution is 0.205. The minimum atomic E-state index is -3.98. The van der Waals surface area contributed by atoms with E-state index in [2.05, 4.69) is 10.1 Å². The topological polar surface area (TPSA) is 134 Å². The molecule has 0 unspecified atom stereocenters. The summed E-state index contributed by atoms with van der Waals surface area (Å²) in [5.74, 6) is 0.691. The number of aromatic nitrogens is 1. The molecule has 11 heteroatoms. The molecule has 4 N–H and O–H groups in total. The second-order valence-corrected chi connectivity index (χ2v) is 9.23. The van der Waals surface area contributed by atoms with Crippen molar-refractivity contribution in [3.63, 3.8) is 0 Å². The lowest BCUT2D eigenvalue weighted by atomic mass is 10.0. The van der Waals surface area contributed by atoms with Crippen molar-refractivity contribution in [3.8, 4) is 22.8 Å². The van der Waals surface area contributed by atoms with Gasteiger partial charge in [0.2, 0.25) is 10.0 Å². The van der Waals surface area contributed by atoms with Gasteiger partial charge in [-0.2, -0.15) is 0 Å². The average molecular weight is 483 g/mol. The van der Waals surface area contributed by atoms with Gasteiger partial charge >= 0.3 is 0 Å². The Morgan fingerprint density at radius 1 is 1.19 bits per heavy atom. The van der Waals surface area contributed by atoms with E-state index in [1.807, 2.05) is 12.1 Å². The van der Waals surface area contributed by atoms with Crippen LogP contribution in [0, 0.1) is 0 Å². The lowest BCUT2D eigenvalue weighted by Gasteiger charge is -2.30. The van der Waals surface area contributed by atoms with Crippen LogP contribution in [0.5, 0.6) is 11.5 Å². The molecular formula is C21H27ClN4O5S. The standard InChI is InChI=1S/C21H26N4O5S.ClH/c1-28-16-10-13(12-25-8-6-14(22)7-9-25)11-17-19(16)20(24-30-17)15-4-3-5-18(21(15)29-2)31(23,26)27;/h3-5,10-11,14H,6-9,12,22H2,1-2H3,(H2,23,26,27);1H. The van der Waals surface area contributed by atoms with Crippen LogP contribution in [-0.2, 0) is 16.6 Å². The van der Waals surface area contributed by atoms with Crippen LogP contribution in [0.1, 0.15) is 18.4 Å². The van der Waals surface area contributed by atoms with Crippen molar-refractivity contribution in [1.82, 2.24) is 10.1 Å². The molecule has 2 heterocycles. The normalized spacial score (nSPS) is 15.5. The van der Waals surface area contributed by atoms with Crippen molar-refractivity contribution in [2.75, 3.05) is 27.3 Å². The molecule has 1 aliphatic heterocycles. The van der Waals surface area contributed by atoms with Crippen molar-refractivity contribution in [2.24, 2.45) is 10.9 Å². The maximum atomic E-state index is 12.0. The number of likely N-dealkylation sites (tertiary alicyclic amines) is 1. The number of nitrogens with zero attached hydrogens (tertiary/aromatic N) is 2. The fraction of sp³-hybridized carbons (Fsp3) is 0.381. The Hall–Kier alpha value is -2.37. The molecule has 1 fully saturated rings. The number of methoxy groups -OCH3 is 2. The Balaban J connectivity index is 0.00000289. The first-order valence-electron chi connectivity index (χ1n) is 9.96. The first-order valence-corrected chi connectivity index (χ1v) is 11.5. The van der Waals surface area contributed by atoms with Crippen LogP contribution in [0.15, 0.2) is 39.8 Å². The van der Waals surface area contributed by atoms with Gasteiger partial charge < -0.3 is 19.7 Å². The number of hydrogen-bond donors (Lipinski definition) is 2. The Morgan fingerprint density at radius 2 is 1.91 bits per heavy atom. The predicted molar refractivity (Wildman–Crippen MR) is 124 cm³/mol. The van der Waals surface area contributed by atoms with Crippen molar-refractivity contribution >= 4 is 33.4 Å². The summed E-state index contributed by atoms with van der Waals surface area (Å²) in [6.45, 7) is 2.64. The lowest BCUT2D eigenvalue weighted by Crippen LogP contribution is -2.39. The molecule has 3 aromatic rings. The molecule has 0 radical (unpaired) electrons. The highest BCUT2D eigenvalue weighted by molar-refractivity contribution is 7.89. The number of primary sulfonamides is 1. The highest BCUT2D eigenvalue weighted by Crippen LogP contribution is 2.41. The van der Waals surface area contributed by atoms with E-state index in [-0.39, 0.29) is 29.1 Å². The number of ether oxygens (including phenoxy) is 2. The van der Waals surface area contributed by atoms with Crippen LogP contribution in [0.2, 0.25) is 0 Å². The van der Waals surface area contributed by atoms with E-state index in [1.54, 1.807) is 19.2 Å². The van der Waals surface area contributed by atoms with Crippen molar-refractivity contribution in [1.29, 1.82) is 0 Å². The predicted octanol–water partition coefficient (Wildman–Crippen LogP) is 2.50. The van der Waals surface area contributed by atoms with Crippen LogP contribution in [0.25, 0.3) is 22.2 Å². The minimum Gasteiger partial charge on any atom is -0.496 e. The average Bonchev–Trinajstić information content (AvgIpc) is 3.17. The monoisotopic (exact) mass is 482 g/mol. The van der Waals surface area contributed by atoms with E-state index < -0.39 is 10.0 Å². The molecule has 4 rings (SSSR count). The van der Waals surface area contributed by atoms with Crippen LogP contribution in [0.4, 0.5) is 0 Å². The fourth-order valence-corrected chi connectivity index (χ4v) is 4.75. The van der Waals surface area contributed by atoms with E-state index in [4.69, 9.17) is 24.9 Å². The highest BCUT2D eigenvalue weighted by Gasteiger charge is 2.25. The first-order chi connectivity index (χ1) is 14.8. The third kappa shape index (κ3) is 4.69. The van der Waals surface area contributed by atoms with Crippen LogP contribution in [0.3, 0.4) is 0 Å². The number of nitrogens with two attached hydrogens (primary N) is 2. The molecule has 174 valence electrons. The molecule has 9 nitrogen and oxygen atoms in total. The zero-order valence-electron chi connectivity index (χ0n) is 17.9. The summed E-state index contributed by atoms with van der Waals surface area (Å²) in [5, 5.41) is 10.2. The molecule has 0 amide bonds. The van der Waals surface area contributed by atoms with Gasteiger partial charge in [0, 0.05) is 18.2 Å². The molecule has 0 spiro atoms. The molecule has 1 saturated heterocycles. The number of sulfonamides is 1. The van der Waals surface area contributed by atoms with Crippen molar-refractivity contribution in [3.05, 3.63) is 35.9 Å². The van der Waals surface area contributed by atoms with E-state index in [9.17, 15) is 8.42 Å². The van der Waals surface area contributed by atoms with Gasteiger partial charge in [0.15, 0.2) is 5.58 Å². The molecule has 1 aromatic heterocycles. The smallest absolute Gasteiger partial charge is 0.241 e. The van der Waals surface area contributed by atoms with Gasteiger partial charge in [-0.1, -0.05) is 11.2 Å². The summed E-state index contributed by atoms with van der Waals surface area (Å²) in [6.07, 6.45) is 1.96.